The molecule has 2 heterocycles. The first-order chi connectivity index (χ1) is 10.9. The molecule has 2 aromatic heterocycles. The van der Waals surface area contributed by atoms with Gasteiger partial charge in [-0.3, -0.25) is 4.98 Å². The molecular formula is C18H10N4. The van der Waals surface area contributed by atoms with Crippen LogP contribution in [0.1, 0.15) is 0 Å². The van der Waals surface area contributed by atoms with Crippen LogP contribution in [-0.2, 0) is 0 Å². The van der Waals surface area contributed by atoms with Gasteiger partial charge in [-0.05, 0) is 17.5 Å². The zero-order chi connectivity index (χ0) is 14.5. The van der Waals surface area contributed by atoms with Crippen LogP contribution in [0.15, 0.2) is 60.8 Å². The maximum Gasteiger partial charge on any atom is 0.201 e. The lowest BCUT2D eigenvalue weighted by atomic mass is 10.0. The molecule has 0 unspecified atom stereocenters. The normalized spacial score (nSPS) is 11.6. The van der Waals surface area contributed by atoms with Gasteiger partial charge in [-0.25, -0.2) is 4.98 Å². The van der Waals surface area contributed by atoms with Crippen molar-refractivity contribution >= 4 is 10.8 Å². The molecule has 0 N–H and O–H groups in total. The number of aromatic nitrogens is 4. The van der Waals surface area contributed by atoms with Crippen LogP contribution in [-0.4, -0.2) is 20.2 Å². The molecule has 1 aliphatic carbocycles. The van der Waals surface area contributed by atoms with E-state index < -0.39 is 0 Å². The van der Waals surface area contributed by atoms with Crippen LogP contribution in [0.25, 0.3) is 44.8 Å². The van der Waals surface area contributed by atoms with Gasteiger partial charge in [0.15, 0.2) is 0 Å². The van der Waals surface area contributed by atoms with Gasteiger partial charge in [0.25, 0.3) is 0 Å². The molecule has 102 valence electrons. The van der Waals surface area contributed by atoms with E-state index in [4.69, 9.17) is 4.98 Å². The third-order valence-electron chi connectivity index (χ3n) is 4.00. The Morgan fingerprint density at radius 3 is 2.27 bits per heavy atom. The summed E-state index contributed by atoms with van der Waals surface area (Å²) in [6.07, 6.45) is 1.74. The van der Waals surface area contributed by atoms with E-state index in [1.54, 1.807) is 6.20 Å². The molecule has 2 aromatic carbocycles. The van der Waals surface area contributed by atoms with Crippen molar-refractivity contribution in [1.82, 2.24) is 20.2 Å². The molecule has 0 fully saturated rings. The van der Waals surface area contributed by atoms with Crippen molar-refractivity contribution in [2.75, 3.05) is 0 Å². The Morgan fingerprint density at radius 1 is 0.682 bits per heavy atom. The second kappa shape index (κ2) is 4.18. The average Bonchev–Trinajstić information content (AvgIpc) is 2.92. The highest BCUT2D eigenvalue weighted by Crippen LogP contribution is 2.44. The zero-order valence-electron chi connectivity index (χ0n) is 11.6. The Bertz CT molecular complexity index is 1020. The highest BCUT2D eigenvalue weighted by atomic mass is 15.2. The molecule has 5 rings (SSSR count). The monoisotopic (exact) mass is 282 g/mol. The van der Waals surface area contributed by atoms with Gasteiger partial charge in [0, 0.05) is 22.7 Å². The summed E-state index contributed by atoms with van der Waals surface area (Å²) < 4.78 is 0. The summed E-state index contributed by atoms with van der Waals surface area (Å²) in [4.78, 5) is 9.03. The molecule has 22 heavy (non-hydrogen) atoms. The minimum absolute atomic E-state index is 0.559. The molecule has 0 radical (unpaired) electrons. The van der Waals surface area contributed by atoms with Gasteiger partial charge in [-0.15, -0.1) is 10.2 Å². The van der Waals surface area contributed by atoms with Gasteiger partial charge < -0.3 is 0 Å². The topological polar surface area (TPSA) is 51.6 Å². The van der Waals surface area contributed by atoms with Gasteiger partial charge in [0.05, 0.1) is 0 Å². The molecular weight excluding hydrogens is 272 g/mol. The number of nitrogens with zero attached hydrogens (tertiary/aromatic N) is 4. The van der Waals surface area contributed by atoms with E-state index in [2.05, 4.69) is 45.5 Å². The first kappa shape index (κ1) is 11.5. The van der Waals surface area contributed by atoms with Gasteiger partial charge in [0.1, 0.15) is 17.1 Å². The molecule has 0 spiro atoms. The van der Waals surface area contributed by atoms with E-state index in [9.17, 15) is 0 Å². The number of hydrogen-bond donors (Lipinski definition) is 0. The number of rotatable bonds is 1. The fraction of sp³-hybridized carbons (Fsp3) is 0. The van der Waals surface area contributed by atoms with E-state index in [0.29, 0.717) is 5.82 Å². The molecule has 0 atom stereocenters. The van der Waals surface area contributed by atoms with Crippen molar-refractivity contribution in [1.29, 1.82) is 0 Å². The van der Waals surface area contributed by atoms with Crippen LogP contribution >= 0.6 is 0 Å². The van der Waals surface area contributed by atoms with Crippen LogP contribution in [0.4, 0.5) is 0 Å². The number of benzene rings is 2. The lowest BCUT2D eigenvalue weighted by Crippen LogP contribution is -1.97. The lowest BCUT2D eigenvalue weighted by molar-refractivity contribution is 0.987. The summed E-state index contributed by atoms with van der Waals surface area (Å²) in [6, 6.07) is 18.2. The van der Waals surface area contributed by atoms with E-state index in [1.165, 1.54) is 10.8 Å². The molecule has 4 nitrogen and oxygen atoms in total. The summed E-state index contributed by atoms with van der Waals surface area (Å²) in [6.45, 7) is 0. The molecule has 0 saturated carbocycles. The Kier molecular flexibility index (Phi) is 2.19. The molecule has 0 saturated heterocycles. The van der Waals surface area contributed by atoms with Crippen molar-refractivity contribution in [3.63, 3.8) is 0 Å². The quantitative estimate of drug-likeness (QED) is 0.470. The van der Waals surface area contributed by atoms with Crippen molar-refractivity contribution in [3.05, 3.63) is 60.8 Å². The molecule has 1 aliphatic rings. The van der Waals surface area contributed by atoms with Crippen LogP contribution in [0.3, 0.4) is 0 Å². The molecule has 0 bridgehead atoms. The molecule has 0 aliphatic heterocycles. The summed E-state index contributed by atoms with van der Waals surface area (Å²) in [5.41, 5.74) is 4.71. The number of hydrogen-bond acceptors (Lipinski definition) is 4. The minimum Gasteiger partial charge on any atom is -0.253 e. The second-order valence-electron chi connectivity index (χ2n) is 5.26. The maximum atomic E-state index is 4.73. The van der Waals surface area contributed by atoms with Crippen LogP contribution in [0.2, 0.25) is 0 Å². The standard InChI is InChI=1S/C18H10N4/c1-2-10-19-14(9-1)18-20-16-12-7-3-5-11-6-4-8-13(15(11)12)17(16)21-22-18/h1-10H. The fourth-order valence-corrected chi connectivity index (χ4v) is 3.03. The Labute approximate surface area is 126 Å². The third kappa shape index (κ3) is 1.46. The summed E-state index contributed by atoms with van der Waals surface area (Å²) in [5.74, 6) is 0.559. The largest absolute Gasteiger partial charge is 0.253 e. The van der Waals surface area contributed by atoms with Gasteiger partial charge in [-0.1, -0.05) is 42.5 Å². The first-order valence-corrected chi connectivity index (χ1v) is 7.10. The molecule has 4 heteroatoms. The van der Waals surface area contributed by atoms with E-state index in [-0.39, 0.29) is 0 Å². The van der Waals surface area contributed by atoms with Gasteiger partial charge >= 0.3 is 0 Å². The first-order valence-electron chi connectivity index (χ1n) is 7.10. The van der Waals surface area contributed by atoms with Crippen LogP contribution in [0, 0.1) is 0 Å². The predicted molar refractivity (Wildman–Crippen MR) is 85.0 cm³/mol. The highest BCUT2D eigenvalue weighted by Gasteiger charge is 2.25. The summed E-state index contributed by atoms with van der Waals surface area (Å²) >= 11 is 0. The minimum atomic E-state index is 0.559. The molecule has 0 amide bonds. The Balaban J connectivity index is 1.82. The van der Waals surface area contributed by atoms with E-state index in [1.807, 2.05) is 24.3 Å². The van der Waals surface area contributed by atoms with Gasteiger partial charge in [-0.2, -0.15) is 0 Å². The van der Waals surface area contributed by atoms with Crippen molar-refractivity contribution in [2.45, 2.75) is 0 Å². The van der Waals surface area contributed by atoms with Crippen LogP contribution in [0.5, 0.6) is 0 Å². The third-order valence-corrected chi connectivity index (χ3v) is 4.00. The summed E-state index contributed by atoms with van der Waals surface area (Å²) in [7, 11) is 0. The molecule has 4 aromatic rings. The Hall–Kier alpha value is -3.14. The SMILES string of the molecule is c1ccc(-c2nnc3c(n2)-c2cccc4cccc-3c24)nc1. The highest BCUT2D eigenvalue weighted by molar-refractivity contribution is 6.13. The average molecular weight is 282 g/mol. The van der Waals surface area contributed by atoms with E-state index >= 15 is 0 Å². The second-order valence-corrected chi connectivity index (χ2v) is 5.26. The smallest absolute Gasteiger partial charge is 0.201 e. The predicted octanol–water partition coefficient (Wildman–Crippen LogP) is 3.73. The van der Waals surface area contributed by atoms with Crippen LogP contribution < -0.4 is 0 Å². The lowest BCUT2D eigenvalue weighted by Gasteiger charge is -2.02. The van der Waals surface area contributed by atoms with Crippen molar-refractivity contribution in [3.8, 4) is 34.0 Å². The maximum absolute atomic E-state index is 4.73. The van der Waals surface area contributed by atoms with Crippen molar-refractivity contribution in [2.24, 2.45) is 0 Å². The van der Waals surface area contributed by atoms with E-state index in [0.717, 1.165) is 28.2 Å². The van der Waals surface area contributed by atoms with Gasteiger partial charge in [0.2, 0.25) is 5.82 Å². The Morgan fingerprint density at radius 2 is 1.50 bits per heavy atom. The zero-order valence-corrected chi connectivity index (χ0v) is 11.6. The number of fused-ring (bicyclic) bond motifs is 3. The fourth-order valence-electron chi connectivity index (χ4n) is 3.03. The van der Waals surface area contributed by atoms with Crippen molar-refractivity contribution < 1.29 is 0 Å². The summed E-state index contributed by atoms with van der Waals surface area (Å²) in [5, 5.41) is 11.1. The number of pyridine rings is 1.